The van der Waals surface area contributed by atoms with Gasteiger partial charge in [-0.25, -0.2) is 0 Å². The quantitative estimate of drug-likeness (QED) is 0.630. The first kappa shape index (κ1) is 16.9. The van der Waals surface area contributed by atoms with Crippen LogP contribution in [0.25, 0.3) is 0 Å². The molecule has 3 nitrogen and oxygen atoms in total. The third kappa shape index (κ3) is 8.61. The Bertz CT molecular complexity index is 194. The van der Waals surface area contributed by atoms with Crippen molar-refractivity contribution in [2.75, 3.05) is 20.3 Å². The Kier molecular flexibility index (Phi) is 11.0. The summed E-state index contributed by atoms with van der Waals surface area (Å²) in [6.45, 7) is 5.66. The summed E-state index contributed by atoms with van der Waals surface area (Å²) in [5.41, 5.74) is 0. The predicted molar refractivity (Wildman–Crippen MR) is 75.5 cm³/mol. The van der Waals surface area contributed by atoms with Crippen LogP contribution in [0.4, 0.5) is 0 Å². The van der Waals surface area contributed by atoms with Gasteiger partial charge < -0.3 is 10.1 Å². The largest absolute Gasteiger partial charge is 0.384 e. The van der Waals surface area contributed by atoms with Gasteiger partial charge in [0.2, 0.25) is 5.91 Å². The molecular formula is C13H26BrNO2. The Balaban J connectivity index is 3.80. The third-order valence-corrected chi connectivity index (χ3v) is 3.47. The second-order valence-corrected chi connectivity index (χ2v) is 5.70. The highest BCUT2D eigenvalue weighted by Crippen LogP contribution is 2.13. The van der Waals surface area contributed by atoms with E-state index in [1.807, 2.05) is 0 Å². The SMILES string of the molecule is CCCC(CCC)C(=O)NCCC(Br)COC. The molecule has 102 valence electrons. The minimum absolute atomic E-state index is 0.196. The van der Waals surface area contributed by atoms with E-state index in [9.17, 15) is 4.79 Å². The summed E-state index contributed by atoms with van der Waals surface area (Å²) in [6, 6.07) is 0. The third-order valence-electron chi connectivity index (χ3n) is 2.75. The molecule has 0 aliphatic heterocycles. The van der Waals surface area contributed by atoms with Gasteiger partial charge >= 0.3 is 0 Å². The zero-order valence-electron chi connectivity index (χ0n) is 11.3. The van der Waals surface area contributed by atoms with Crippen LogP contribution in [0.3, 0.4) is 0 Å². The molecular weight excluding hydrogens is 282 g/mol. The molecule has 1 N–H and O–H groups in total. The average molecular weight is 308 g/mol. The van der Waals surface area contributed by atoms with Crippen molar-refractivity contribution in [1.29, 1.82) is 0 Å². The first-order valence-electron chi connectivity index (χ1n) is 6.56. The number of halogens is 1. The Morgan fingerprint density at radius 1 is 1.24 bits per heavy atom. The summed E-state index contributed by atoms with van der Waals surface area (Å²) in [4.78, 5) is 12.2. The van der Waals surface area contributed by atoms with Gasteiger partial charge in [0.15, 0.2) is 0 Å². The van der Waals surface area contributed by atoms with E-state index >= 15 is 0 Å². The van der Waals surface area contributed by atoms with E-state index in [-0.39, 0.29) is 11.8 Å². The van der Waals surface area contributed by atoms with E-state index in [2.05, 4.69) is 35.1 Å². The number of hydrogen-bond donors (Lipinski definition) is 1. The van der Waals surface area contributed by atoms with E-state index in [0.29, 0.717) is 11.4 Å². The fraction of sp³-hybridized carbons (Fsp3) is 0.923. The van der Waals surface area contributed by atoms with E-state index in [1.165, 1.54) is 0 Å². The van der Waals surface area contributed by atoms with Crippen molar-refractivity contribution in [3.63, 3.8) is 0 Å². The Labute approximate surface area is 114 Å². The van der Waals surface area contributed by atoms with Crippen LogP contribution >= 0.6 is 15.9 Å². The molecule has 1 unspecified atom stereocenters. The van der Waals surface area contributed by atoms with Gasteiger partial charge in [-0.1, -0.05) is 42.6 Å². The monoisotopic (exact) mass is 307 g/mol. The fourth-order valence-electron chi connectivity index (χ4n) is 1.86. The molecule has 0 rings (SSSR count). The minimum atomic E-state index is 0.196. The maximum Gasteiger partial charge on any atom is 0.223 e. The van der Waals surface area contributed by atoms with Crippen LogP contribution in [0.2, 0.25) is 0 Å². The van der Waals surface area contributed by atoms with Gasteiger partial charge in [-0.2, -0.15) is 0 Å². The molecule has 1 amide bonds. The van der Waals surface area contributed by atoms with Crippen LogP contribution in [0.5, 0.6) is 0 Å². The zero-order valence-corrected chi connectivity index (χ0v) is 12.9. The van der Waals surface area contributed by atoms with Crippen LogP contribution in [0.15, 0.2) is 0 Å². The van der Waals surface area contributed by atoms with Crippen LogP contribution < -0.4 is 5.32 Å². The van der Waals surface area contributed by atoms with Crippen molar-refractivity contribution in [3.8, 4) is 0 Å². The van der Waals surface area contributed by atoms with Crippen molar-refractivity contribution in [3.05, 3.63) is 0 Å². The molecule has 0 radical (unpaired) electrons. The number of carbonyl (C=O) groups excluding carboxylic acids is 1. The van der Waals surface area contributed by atoms with E-state index in [0.717, 1.165) is 38.6 Å². The Hall–Kier alpha value is -0.0900. The normalized spacial score (nSPS) is 12.8. The Morgan fingerprint density at radius 3 is 2.29 bits per heavy atom. The highest BCUT2D eigenvalue weighted by Gasteiger charge is 2.16. The second kappa shape index (κ2) is 11.0. The van der Waals surface area contributed by atoms with Crippen LogP contribution in [0.1, 0.15) is 46.0 Å². The molecule has 0 aromatic rings. The zero-order chi connectivity index (χ0) is 13.1. The number of hydrogen-bond acceptors (Lipinski definition) is 2. The molecule has 0 spiro atoms. The molecule has 0 saturated carbocycles. The molecule has 0 bridgehead atoms. The number of nitrogens with one attached hydrogen (secondary N) is 1. The number of ether oxygens (including phenoxy) is 1. The molecule has 0 saturated heterocycles. The smallest absolute Gasteiger partial charge is 0.223 e. The molecule has 0 aliphatic carbocycles. The minimum Gasteiger partial charge on any atom is -0.384 e. The maximum atomic E-state index is 11.9. The number of amides is 1. The summed E-state index contributed by atoms with van der Waals surface area (Å²) in [7, 11) is 1.69. The van der Waals surface area contributed by atoms with E-state index < -0.39 is 0 Å². The lowest BCUT2D eigenvalue weighted by atomic mass is 9.97. The van der Waals surface area contributed by atoms with Crippen LogP contribution in [-0.2, 0) is 9.53 Å². The summed E-state index contributed by atoms with van der Waals surface area (Å²) in [5, 5.41) is 3.02. The number of methoxy groups -OCH3 is 1. The summed E-state index contributed by atoms with van der Waals surface area (Å²) in [5.74, 6) is 0.409. The van der Waals surface area contributed by atoms with Gasteiger partial charge in [-0.3, -0.25) is 4.79 Å². The second-order valence-electron chi connectivity index (χ2n) is 4.41. The average Bonchev–Trinajstić information content (AvgIpc) is 2.29. The molecule has 1 atom stereocenters. The van der Waals surface area contributed by atoms with E-state index in [4.69, 9.17) is 4.74 Å². The molecule has 0 fully saturated rings. The van der Waals surface area contributed by atoms with Gasteiger partial charge in [-0.15, -0.1) is 0 Å². The van der Waals surface area contributed by atoms with Gasteiger partial charge in [-0.05, 0) is 19.3 Å². The lowest BCUT2D eigenvalue weighted by Crippen LogP contribution is -2.32. The number of carbonyl (C=O) groups is 1. The molecule has 4 heteroatoms. The number of rotatable bonds is 10. The van der Waals surface area contributed by atoms with Gasteiger partial charge in [0.25, 0.3) is 0 Å². The van der Waals surface area contributed by atoms with Crippen molar-refractivity contribution < 1.29 is 9.53 Å². The highest BCUT2D eigenvalue weighted by atomic mass is 79.9. The van der Waals surface area contributed by atoms with Crippen molar-refractivity contribution in [1.82, 2.24) is 5.32 Å². The molecule has 0 heterocycles. The number of alkyl halides is 1. The summed E-state index contributed by atoms with van der Waals surface area (Å²) in [6.07, 6.45) is 5.04. The highest BCUT2D eigenvalue weighted by molar-refractivity contribution is 9.09. The topological polar surface area (TPSA) is 38.3 Å². The maximum absolute atomic E-state index is 11.9. The van der Waals surface area contributed by atoms with Gasteiger partial charge in [0.1, 0.15) is 0 Å². The van der Waals surface area contributed by atoms with Crippen molar-refractivity contribution >= 4 is 21.8 Å². The first-order valence-corrected chi connectivity index (χ1v) is 7.47. The molecule has 17 heavy (non-hydrogen) atoms. The fourth-order valence-corrected chi connectivity index (χ4v) is 2.36. The van der Waals surface area contributed by atoms with Crippen molar-refractivity contribution in [2.45, 2.75) is 50.8 Å². The van der Waals surface area contributed by atoms with Crippen molar-refractivity contribution in [2.24, 2.45) is 5.92 Å². The Morgan fingerprint density at radius 2 is 1.82 bits per heavy atom. The standard InChI is InChI=1S/C13H26BrNO2/c1-4-6-11(7-5-2)13(16)15-9-8-12(14)10-17-3/h11-12H,4-10H2,1-3H3,(H,15,16). The van der Waals surface area contributed by atoms with Crippen LogP contribution in [-0.4, -0.2) is 31.0 Å². The first-order chi connectivity index (χ1) is 8.15. The van der Waals surface area contributed by atoms with Gasteiger partial charge in [0.05, 0.1) is 6.61 Å². The van der Waals surface area contributed by atoms with Gasteiger partial charge in [0, 0.05) is 24.4 Å². The predicted octanol–water partition coefficient (Wildman–Crippen LogP) is 3.12. The van der Waals surface area contributed by atoms with Crippen LogP contribution in [0, 0.1) is 5.92 Å². The lowest BCUT2D eigenvalue weighted by molar-refractivity contribution is -0.125. The molecule has 0 aliphatic rings. The lowest BCUT2D eigenvalue weighted by Gasteiger charge is -2.16. The molecule has 0 aromatic carbocycles. The summed E-state index contributed by atoms with van der Waals surface area (Å²) < 4.78 is 5.03. The summed E-state index contributed by atoms with van der Waals surface area (Å²) >= 11 is 3.51. The van der Waals surface area contributed by atoms with E-state index in [1.54, 1.807) is 7.11 Å². The molecule has 0 aromatic heterocycles.